The van der Waals surface area contributed by atoms with Gasteiger partial charge in [0.2, 0.25) is 0 Å². The van der Waals surface area contributed by atoms with Gasteiger partial charge in [0.15, 0.2) is 0 Å². The van der Waals surface area contributed by atoms with Crippen LogP contribution in [0.3, 0.4) is 0 Å². The first-order valence-electron chi connectivity index (χ1n) is 7.09. The van der Waals surface area contributed by atoms with E-state index < -0.39 is 6.10 Å². The lowest BCUT2D eigenvalue weighted by Gasteiger charge is -2.28. The van der Waals surface area contributed by atoms with Crippen LogP contribution in [0.1, 0.15) is 15.9 Å². The Labute approximate surface area is 123 Å². The molecule has 1 aromatic carbocycles. The molecule has 1 aliphatic rings. The number of ether oxygens (including phenoxy) is 1. The van der Waals surface area contributed by atoms with Gasteiger partial charge in [-0.1, -0.05) is 0 Å². The van der Waals surface area contributed by atoms with Crippen LogP contribution >= 0.6 is 0 Å². The number of carbonyl (C=O) groups is 1. The number of morpholine rings is 1. The molecule has 0 unspecified atom stereocenters. The average molecular weight is 296 g/mol. The van der Waals surface area contributed by atoms with Gasteiger partial charge in [-0.3, -0.25) is 9.69 Å². The fourth-order valence-corrected chi connectivity index (χ4v) is 2.33. The third-order valence-electron chi connectivity index (χ3n) is 3.50. The van der Waals surface area contributed by atoms with E-state index in [0.717, 1.165) is 13.1 Å². The predicted octanol–water partition coefficient (Wildman–Crippen LogP) is 0.557. The van der Waals surface area contributed by atoms with Crippen molar-refractivity contribution in [3.63, 3.8) is 0 Å². The number of carbonyl (C=O) groups excluding carboxylic acids is 1. The molecule has 0 spiro atoms. The number of hydrogen-bond acceptors (Lipinski definition) is 4. The molecular weight excluding hydrogens is 275 g/mol. The summed E-state index contributed by atoms with van der Waals surface area (Å²) >= 11 is 0. The van der Waals surface area contributed by atoms with Crippen molar-refractivity contribution >= 4 is 5.91 Å². The minimum atomic E-state index is -0.632. The zero-order valence-corrected chi connectivity index (χ0v) is 12.1. The predicted molar refractivity (Wildman–Crippen MR) is 76.7 cm³/mol. The maximum atomic E-state index is 13.0. The molecule has 1 amide bonds. The molecule has 5 nitrogen and oxygen atoms in total. The van der Waals surface area contributed by atoms with E-state index in [0.29, 0.717) is 30.9 Å². The van der Waals surface area contributed by atoms with Crippen molar-refractivity contribution in [2.45, 2.75) is 13.0 Å². The van der Waals surface area contributed by atoms with Crippen LogP contribution in [0, 0.1) is 12.7 Å². The molecule has 1 saturated heterocycles. The maximum Gasteiger partial charge on any atom is 0.251 e. The second-order valence-corrected chi connectivity index (χ2v) is 5.24. The Kier molecular flexibility index (Phi) is 5.67. The molecule has 0 aliphatic carbocycles. The van der Waals surface area contributed by atoms with Crippen LogP contribution in [0.25, 0.3) is 0 Å². The van der Waals surface area contributed by atoms with Gasteiger partial charge >= 0.3 is 0 Å². The largest absolute Gasteiger partial charge is 0.390 e. The summed E-state index contributed by atoms with van der Waals surface area (Å²) in [4.78, 5) is 14.1. The lowest BCUT2D eigenvalue weighted by atomic mass is 10.1. The van der Waals surface area contributed by atoms with E-state index in [9.17, 15) is 14.3 Å². The zero-order valence-electron chi connectivity index (χ0n) is 12.1. The molecule has 0 saturated carbocycles. The highest BCUT2D eigenvalue weighted by molar-refractivity contribution is 5.95. The fourth-order valence-electron chi connectivity index (χ4n) is 2.33. The number of halogens is 1. The zero-order chi connectivity index (χ0) is 15.2. The van der Waals surface area contributed by atoms with Crippen molar-refractivity contribution in [2.75, 3.05) is 39.4 Å². The minimum absolute atomic E-state index is 0.174. The number of nitrogens with one attached hydrogen (secondary N) is 1. The van der Waals surface area contributed by atoms with Gasteiger partial charge in [-0.2, -0.15) is 0 Å². The summed E-state index contributed by atoms with van der Waals surface area (Å²) < 4.78 is 18.2. The van der Waals surface area contributed by atoms with E-state index in [-0.39, 0.29) is 18.3 Å². The van der Waals surface area contributed by atoms with Crippen molar-refractivity contribution in [2.24, 2.45) is 0 Å². The molecule has 1 aromatic rings. The summed E-state index contributed by atoms with van der Waals surface area (Å²) in [5, 5.41) is 12.6. The van der Waals surface area contributed by atoms with Gasteiger partial charge in [0.05, 0.1) is 19.3 Å². The summed E-state index contributed by atoms with van der Waals surface area (Å²) in [6.07, 6.45) is -0.632. The Morgan fingerprint density at radius 1 is 1.48 bits per heavy atom. The smallest absolute Gasteiger partial charge is 0.251 e. The highest BCUT2D eigenvalue weighted by Gasteiger charge is 2.16. The second-order valence-electron chi connectivity index (χ2n) is 5.24. The number of benzene rings is 1. The molecular formula is C15H21FN2O3. The number of nitrogens with zero attached hydrogens (tertiary/aromatic N) is 1. The van der Waals surface area contributed by atoms with Gasteiger partial charge in [-0.15, -0.1) is 0 Å². The molecule has 6 heteroatoms. The molecule has 0 bridgehead atoms. The van der Waals surface area contributed by atoms with Crippen molar-refractivity contribution in [1.29, 1.82) is 0 Å². The quantitative estimate of drug-likeness (QED) is 0.833. The van der Waals surface area contributed by atoms with Gasteiger partial charge in [0.1, 0.15) is 5.82 Å². The summed E-state index contributed by atoms with van der Waals surface area (Å²) in [5.74, 6) is -0.662. The lowest BCUT2D eigenvalue weighted by Crippen LogP contribution is -2.44. The first-order chi connectivity index (χ1) is 10.1. The Balaban J connectivity index is 1.80. The molecule has 1 fully saturated rings. The number of rotatable bonds is 5. The van der Waals surface area contributed by atoms with E-state index in [4.69, 9.17) is 4.74 Å². The third kappa shape index (κ3) is 4.77. The molecule has 116 valence electrons. The maximum absolute atomic E-state index is 13.0. The molecule has 0 aromatic heterocycles. The summed E-state index contributed by atoms with van der Waals surface area (Å²) in [7, 11) is 0. The van der Waals surface area contributed by atoms with Crippen LogP contribution in [0.15, 0.2) is 18.2 Å². The van der Waals surface area contributed by atoms with Crippen LogP contribution in [0.5, 0.6) is 0 Å². The molecule has 1 atom stereocenters. The second kappa shape index (κ2) is 7.49. The van der Waals surface area contributed by atoms with Gasteiger partial charge in [0, 0.05) is 31.7 Å². The first-order valence-corrected chi connectivity index (χ1v) is 7.09. The van der Waals surface area contributed by atoms with Gasteiger partial charge in [-0.05, 0) is 30.7 Å². The highest BCUT2D eigenvalue weighted by Crippen LogP contribution is 2.09. The molecule has 2 rings (SSSR count). The molecule has 2 N–H and O–H groups in total. The Bertz CT molecular complexity index is 490. The number of aliphatic hydroxyl groups is 1. The van der Waals surface area contributed by atoms with Crippen LogP contribution in [-0.2, 0) is 4.74 Å². The molecule has 1 heterocycles. The van der Waals surface area contributed by atoms with Crippen LogP contribution in [-0.4, -0.2) is 61.4 Å². The first kappa shape index (κ1) is 15.9. The van der Waals surface area contributed by atoms with E-state index in [1.165, 1.54) is 18.2 Å². The summed E-state index contributed by atoms with van der Waals surface area (Å²) in [5.41, 5.74) is 1.00. The van der Waals surface area contributed by atoms with Crippen molar-refractivity contribution in [3.05, 3.63) is 35.1 Å². The SMILES string of the molecule is Cc1cc(F)ccc1C(=O)NC[C@@H](O)CN1CCOCC1. The Hall–Kier alpha value is -1.50. The minimum Gasteiger partial charge on any atom is -0.390 e. The number of aliphatic hydroxyl groups excluding tert-OH is 1. The lowest BCUT2D eigenvalue weighted by molar-refractivity contribution is 0.0149. The normalized spacial score (nSPS) is 17.5. The van der Waals surface area contributed by atoms with Gasteiger partial charge < -0.3 is 15.2 Å². The van der Waals surface area contributed by atoms with Gasteiger partial charge in [0.25, 0.3) is 5.91 Å². The van der Waals surface area contributed by atoms with Crippen LogP contribution in [0.4, 0.5) is 4.39 Å². The molecule has 0 radical (unpaired) electrons. The number of β-amino-alcohol motifs (C(OH)–C–C–N with tert-alkyl or cyclic N) is 1. The van der Waals surface area contributed by atoms with E-state index in [2.05, 4.69) is 10.2 Å². The monoisotopic (exact) mass is 296 g/mol. The van der Waals surface area contributed by atoms with Crippen molar-refractivity contribution < 1.29 is 19.0 Å². The summed E-state index contributed by atoms with van der Waals surface area (Å²) in [6.45, 7) is 5.30. The average Bonchev–Trinajstić information content (AvgIpc) is 2.46. The Morgan fingerprint density at radius 3 is 2.86 bits per heavy atom. The fraction of sp³-hybridized carbons (Fsp3) is 0.533. The van der Waals surface area contributed by atoms with Crippen molar-refractivity contribution in [1.82, 2.24) is 10.2 Å². The Morgan fingerprint density at radius 2 is 2.19 bits per heavy atom. The number of amides is 1. The topological polar surface area (TPSA) is 61.8 Å². The molecule has 1 aliphatic heterocycles. The highest BCUT2D eigenvalue weighted by atomic mass is 19.1. The van der Waals surface area contributed by atoms with E-state index in [1.54, 1.807) is 6.92 Å². The number of hydrogen-bond donors (Lipinski definition) is 2. The summed E-state index contributed by atoms with van der Waals surface area (Å²) in [6, 6.07) is 4.03. The van der Waals surface area contributed by atoms with Gasteiger partial charge in [-0.25, -0.2) is 4.39 Å². The third-order valence-corrected chi connectivity index (χ3v) is 3.50. The molecule has 21 heavy (non-hydrogen) atoms. The van der Waals surface area contributed by atoms with Crippen LogP contribution in [0.2, 0.25) is 0 Å². The van der Waals surface area contributed by atoms with Crippen molar-refractivity contribution in [3.8, 4) is 0 Å². The van der Waals surface area contributed by atoms with E-state index in [1.807, 2.05) is 0 Å². The number of aryl methyl sites for hydroxylation is 1. The standard InChI is InChI=1S/C15H21FN2O3/c1-11-8-12(16)2-3-14(11)15(20)17-9-13(19)10-18-4-6-21-7-5-18/h2-3,8,13,19H,4-7,9-10H2,1H3,(H,17,20)/t13-/m1/s1. The van der Waals surface area contributed by atoms with E-state index >= 15 is 0 Å². The van der Waals surface area contributed by atoms with Crippen LogP contribution < -0.4 is 5.32 Å².